The van der Waals surface area contributed by atoms with Crippen molar-refractivity contribution < 1.29 is 15.3 Å². The summed E-state index contributed by atoms with van der Waals surface area (Å²) in [6.07, 6.45) is 0. The lowest BCUT2D eigenvalue weighted by Crippen LogP contribution is -2.13. The van der Waals surface area contributed by atoms with Gasteiger partial charge >= 0.3 is 0 Å². The molecule has 0 unspecified atom stereocenters. The van der Waals surface area contributed by atoms with Crippen molar-refractivity contribution in [1.29, 1.82) is 16.2 Å². The molecule has 0 spiro atoms. The monoisotopic (exact) mass is 435 g/mol. The summed E-state index contributed by atoms with van der Waals surface area (Å²) in [6.45, 7) is 0. The first-order valence-electron chi connectivity index (χ1n) is 10.2. The van der Waals surface area contributed by atoms with Gasteiger partial charge in [-0.15, -0.1) is 0 Å². The summed E-state index contributed by atoms with van der Waals surface area (Å²) in [5, 5.41) is 59.4. The van der Waals surface area contributed by atoms with E-state index in [4.69, 9.17) is 16.2 Å². The van der Waals surface area contributed by atoms with E-state index in [1.807, 2.05) is 0 Å². The Morgan fingerprint density at radius 1 is 0.394 bits per heavy atom. The highest BCUT2D eigenvalue weighted by Gasteiger charge is 2.31. The van der Waals surface area contributed by atoms with Crippen LogP contribution in [0.15, 0.2) is 91.0 Å². The van der Waals surface area contributed by atoms with E-state index in [-0.39, 0.29) is 33.8 Å². The Kier molecular flexibility index (Phi) is 5.74. The Balaban J connectivity index is 2.02. The molecule has 0 amide bonds. The molecule has 6 nitrogen and oxygen atoms in total. The van der Waals surface area contributed by atoms with Crippen molar-refractivity contribution in [2.24, 2.45) is 0 Å². The third-order valence-electron chi connectivity index (χ3n) is 5.36. The van der Waals surface area contributed by atoms with Gasteiger partial charge in [0.05, 0.1) is 33.8 Å². The number of rotatable bonds is 6. The van der Waals surface area contributed by atoms with Crippen LogP contribution >= 0.6 is 0 Å². The van der Waals surface area contributed by atoms with Gasteiger partial charge in [0.25, 0.3) is 0 Å². The zero-order valence-corrected chi connectivity index (χ0v) is 17.5. The lowest BCUT2D eigenvalue weighted by atomic mass is 9.88. The van der Waals surface area contributed by atoms with Gasteiger partial charge in [-0.3, -0.25) is 16.2 Å². The SMILES string of the molecule is N=C(c1ccccc1)c1c(O)c(C(=N)c2ccccc2)c(O)c(C(=N)c2ccccc2)c1O. The quantitative estimate of drug-likeness (QED) is 0.237. The van der Waals surface area contributed by atoms with Gasteiger partial charge in [-0.05, 0) is 0 Å². The van der Waals surface area contributed by atoms with Gasteiger partial charge in [0.2, 0.25) is 0 Å². The van der Waals surface area contributed by atoms with Crippen molar-refractivity contribution in [3.05, 3.63) is 124 Å². The molecule has 0 bridgehead atoms. The normalized spacial score (nSPS) is 10.5. The van der Waals surface area contributed by atoms with Gasteiger partial charge in [0.1, 0.15) is 17.2 Å². The molecular weight excluding hydrogens is 414 g/mol. The highest BCUT2D eigenvalue weighted by molar-refractivity contribution is 6.25. The van der Waals surface area contributed by atoms with Crippen molar-refractivity contribution in [3.63, 3.8) is 0 Å². The molecule has 4 rings (SSSR count). The summed E-state index contributed by atoms with van der Waals surface area (Å²) < 4.78 is 0. The van der Waals surface area contributed by atoms with E-state index in [9.17, 15) is 15.3 Å². The maximum absolute atomic E-state index is 11.1. The molecule has 0 aromatic heterocycles. The van der Waals surface area contributed by atoms with Crippen LogP contribution in [0.1, 0.15) is 33.4 Å². The smallest absolute Gasteiger partial charge is 0.141 e. The van der Waals surface area contributed by atoms with Crippen LogP contribution in [0.5, 0.6) is 17.2 Å². The molecule has 33 heavy (non-hydrogen) atoms. The molecule has 0 radical (unpaired) electrons. The molecule has 4 aromatic rings. The van der Waals surface area contributed by atoms with Crippen molar-refractivity contribution in [2.45, 2.75) is 0 Å². The summed E-state index contributed by atoms with van der Waals surface area (Å²) in [7, 11) is 0. The Morgan fingerprint density at radius 3 is 0.818 bits per heavy atom. The number of nitrogens with one attached hydrogen (secondary N) is 3. The molecule has 0 aliphatic rings. The average Bonchev–Trinajstić information content (AvgIpc) is 2.85. The first-order chi connectivity index (χ1) is 15.9. The second-order valence-corrected chi connectivity index (χ2v) is 7.39. The van der Waals surface area contributed by atoms with Crippen LogP contribution in [0.2, 0.25) is 0 Å². The average molecular weight is 435 g/mol. The van der Waals surface area contributed by atoms with Crippen LogP contribution in [0, 0.1) is 16.2 Å². The van der Waals surface area contributed by atoms with Gasteiger partial charge in [-0.2, -0.15) is 0 Å². The van der Waals surface area contributed by atoms with E-state index in [2.05, 4.69) is 0 Å². The van der Waals surface area contributed by atoms with E-state index in [0.717, 1.165) is 0 Å². The van der Waals surface area contributed by atoms with Crippen molar-refractivity contribution >= 4 is 17.1 Å². The molecule has 0 atom stereocenters. The highest BCUT2D eigenvalue weighted by atomic mass is 16.3. The van der Waals surface area contributed by atoms with Crippen LogP contribution in [0.3, 0.4) is 0 Å². The van der Waals surface area contributed by atoms with Gasteiger partial charge in [-0.1, -0.05) is 91.0 Å². The number of aromatic hydroxyl groups is 3. The highest BCUT2D eigenvalue weighted by Crippen LogP contribution is 2.44. The molecule has 0 fully saturated rings. The summed E-state index contributed by atoms with van der Waals surface area (Å²) in [5.74, 6) is -1.80. The van der Waals surface area contributed by atoms with Crippen LogP contribution < -0.4 is 0 Å². The zero-order chi connectivity index (χ0) is 23.5. The first kappa shape index (κ1) is 21.5. The predicted octanol–water partition coefficient (Wildman–Crippen LogP) is 5.05. The van der Waals surface area contributed by atoms with Crippen LogP contribution in [-0.4, -0.2) is 32.5 Å². The van der Waals surface area contributed by atoms with E-state index >= 15 is 0 Å². The molecule has 0 aliphatic carbocycles. The lowest BCUT2D eigenvalue weighted by molar-refractivity contribution is 0.423. The van der Waals surface area contributed by atoms with E-state index < -0.39 is 17.2 Å². The molecule has 4 aromatic carbocycles. The van der Waals surface area contributed by atoms with Crippen LogP contribution in [0.25, 0.3) is 0 Å². The Hall–Kier alpha value is -4.71. The van der Waals surface area contributed by atoms with E-state index in [1.54, 1.807) is 91.0 Å². The second kappa shape index (κ2) is 8.80. The number of hydrogen-bond acceptors (Lipinski definition) is 6. The Morgan fingerprint density at radius 2 is 0.606 bits per heavy atom. The number of hydrogen-bond donors (Lipinski definition) is 6. The van der Waals surface area contributed by atoms with E-state index in [0.29, 0.717) is 16.7 Å². The molecule has 162 valence electrons. The summed E-state index contributed by atoms with van der Waals surface area (Å²) in [5.41, 5.74) is -0.116. The largest absolute Gasteiger partial charge is 0.506 e. The Bertz CT molecular complexity index is 1180. The van der Waals surface area contributed by atoms with Crippen LogP contribution in [-0.2, 0) is 0 Å². The number of benzene rings is 4. The minimum atomic E-state index is -0.600. The Labute approximate surface area is 190 Å². The standard InChI is InChI=1S/C27H21N3O3/c28-22(16-10-4-1-5-11-16)19-25(31)20(23(29)17-12-6-2-7-13-17)27(33)21(26(19)32)24(30)18-14-8-3-9-15-18/h1-15,28-33H. The van der Waals surface area contributed by atoms with E-state index in [1.165, 1.54) is 0 Å². The molecule has 0 saturated carbocycles. The fourth-order valence-electron chi connectivity index (χ4n) is 3.67. The second-order valence-electron chi connectivity index (χ2n) is 7.39. The third-order valence-corrected chi connectivity index (χ3v) is 5.36. The van der Waals surface area contributed by atoms with Crippen LogP contribution in [0.4, 0.5) is 0 Å². The maximum atomic E-state index is 11.1. The third kappa shape index (κ3) is 3.85. The maximum Gasteiger partial charge on any atom is 0.141 e. The molecule has 0 heterocycles. The molecule has 6 heteroatoms. The predicted molar refractivity (Wildman–Crippen MR) is 129 cm³/mol. The minimum Gasteiger partial charge on any atom is -0.506 e. The van der Waals surface area contributed by atoms with Gasteiger partial charge < -0.3 is 15.3 Å². The van der Waals surface area contributed by atoms with Gasteiger partial charge in [0.15, 0.2) is 0 Å². The molecule has 0 saturated heterocycles. The fourth-order valence-corrected chi connectivity index (χ4v) is 3.67. The summed E-state index contributed by atoms with van der Waals surface area (Å²) in [6, 6.07) is 25.6. The topological polar surface area (TPSA) is 132 Å². The van der Waals surface area contributed by atoms with Crippen molar-refractivity contribution in [3.8, 4) is 17.2 Å². The number of phenols is 3. The summed E-state index contributed by atoms with van der Waals surface area (Å²) in [4.78, 5) is 0. The first-order valence-corrected chi connectivity index (χ1v) is 10.2. The molecule has 0 aliphatic heterocycles. The summed E-state index contributed by atoms with van der Waals surface area (Å²) >= 11 is 0. The zero-order valence-electron chi connectivity index (χ0n) is 17.5. The molecule has 6 N–H and O–H groups in total. The number of phenolic OH excluding ortho intramolecular Hbond substituents is 3. The van der Waals surface area contributed by atoms with Crippen molar-refractivity contribution in [1.82, 2.24) is 0 Å². The minimum absolute atomic E-state index is 0.199. The lowest BCUT2D eigenvalue weighted by Gasteiger charge is -2.20. The molecular formula is C27H21N3O3. The fraction of sp³-hybridized carbons (Fsp3) is 0. The van der Waals surface area contributed by atoms with Gasteiger partial charge in [-0.25, -0.2) is 0 Å². The van der Waals surface area contributed by atoms with Crippen molar-refractivity contribution in [2.75, 3.05) is 0 Å². The van der Waals surface area contributed by atoms with Gasteiger partial charge in [0, 0.05) is 16.7 Å².